The first-order valence-corrected chi connectivity index (χ1v) is 9.02. The second kappa shape index (κ2) is 9.38. The van der Waals surface area contributed by atoms with Crippen molar-refractivity contribution in [3.63, 3.8) is 0 Å². The lowest BCUT2D eigenvalue weighted by Crippen LogP contribution is -2.18. The molecule has 27 heavy (non-hydrogen) atoms. The number of hydrogen-bond donors (Lipinski definition) is 1. The number of carbonyl (C=O) groups is 1. The molecule has 0 spiro atoms. The molecule has 0 saturated carbocycles. The fourth-order valence-corrected chi connectivity index (χ4v) is 2.71. The molecule has 0 atom stereocenters. The molecule has 138 valence electrons. The van der Waals surface area contributed by atoms with Crippen LogP contribution < -0.4 is 15.0 Å². The number of amides is 1. The van der Waals surface area contributed by atoms with Crippen molar-refractivity contribution in [1.29, 1.82) is 0 Å². The van der Waals surface area contributed by atoms with Crippen LogP contribution in [0.2, 0.25) is 0 Å². The van der Waals surface area contributed by atoms with Gasteiger partial charge in [-0.1, -0.05) is 36.4 Å². The molecule has 0 saturated heterocycles. The molecule has 0 unspecified atom stereocenters. The number of carbonyl (C=O) groups excluding carboxylic acids is 1. The van der Waals surface area contributed by atoms with Gasteiger partial charge in [0.2, 0.25) is 5.91 Å². The molecular formula is C22H23N3O2. The minimum absolute atomic E-state index is 0.101. The van der Waals surface area contributed by atoms with E-state index in [2.05, 4.69) is 22.1 Å². The molecule has 0 aliphatic carbocycles. The van der Waals surface area contributed by atoms with E-state index in [4.69, 9.17) is 4.74 Å². The smallest absolute Gasteiger partial charge is 0.227 e. The van der Waals surface area contributed by atoms with Crippen LogP contribution in [0, 0.1) is 0 Å². The van der Waals surface area contributed by atoms with Gasteiger partial charge in [-0.2, -0.15) is 0 Å². The minimum Gasteiger partial charge on any atom is -0.493 e. The molecule has 3 aromatic rings. The second-order valence-electron chi connectivity index (χ2n) is 5.94. The van der Waals surface area contributed by atoms with E-state index in [1.54, 1.807) is 6.20 Å². The Kier molecular flexibility index (Phi) is 6.41. The molecule has 5 nitrogen and oxygen atoms in total. The van der Waals surface area contributed by atoms with Crippen LogP contribution >= 0.6 is 0 Å². The number of para-hydroxylation sites is 2. The molecule has 0 bridgehead atoms. The average molecular weight is 361 g/mol. The molecule has 1 heterocycles. The van der Waals surface area contributed by atoms with E-state index in [1.165, 1.54) is 0 Å². The molecule has 1 N–H and O–H groups in total. The maximum absolute atomic E-state index is 12.1. The zero-order valence-corrected chi connectivity index (χ0v) is 15.3. The highest BCUT2D eigenvalue weighted by Gasteiger charge is 2.09. The Hall–Kier alpha value is -3.34. The number of pyridine rings is 1. The molecule has 0 fully saturated rings. The van der Waals surface area contributed by atoms with Gasteiger partial charge in [-0.3, -0.25) is 4.79 Å². The zero-order chi connectivity index (χ0) is 18.9. The largest absolute Gasteiger partial charge is 0.493 e. The summed E-state index contributed by atoms with van der Waals surface area (Å²) >= 11 is 0. The van der Waals surface area contributed by atoms with Gasteiger partial charge in [-0.05, 0) is 43.3 Å². The van der Waals surface area contributed by atoms with E-state index in [-0.39, 0.29) is 12.3 Å². The monoisotopic (exact) mass is 361 g/mol. The summed E-state index contributed by atoms with van der Waals surface area (Å²) in [6.07, 6.45) is 1.96. The predicted octanol–water partition coefficient (Wildman–Crippen LogP) is 4.65. The number of benzene rings is 2. The summed E-state index contributed by atoms with van der Waals surface area (Å²) < 4.78 is 5.55. The van der Waals surface area contributed by atoms with E-state index in [1.807, 2.05) is 72.8 Å². The van der Waals surface area contributed by atoms with Crippen LogP contribution in [0.25, 0.3) is 0 Å². The number of hydrogen-bond acceptors (Lipinski definition) is 4. The number of nitrogens with zero attached hydrogens (tertiary/aromatic N) is 2. The normalized spacial score (nSPS) is 10.3. The van der Waals surface area contributed by atoms with Gasteiger partial charge in [0.25, 0.3) is 0 Å². The first-order chi connectivity index (χ1) is 13.3. The average Bonchev–Trinajstić information content (AvgIpc) is 2.71. The van der Waals surface area contributed by atoms with Gasteiger partial charge in [-0.25, -0.2) is 4.98 Å². The predicted molar refractivity (Wildman–Crippen MR) is 109 cm³/mol. The van der Waals surface area contributed by atoms with Crippen molar-refractivity contribution < 1.29 is 9.53 Å². The standard InChI is InChI=1S/C22H23N3O2/c1-2-25(19-9-5-3-6-10-19)21-14-13-18(17-23-21)24-22(26)15-16-27-20-11-7-4-8-12-20/h3-14,17H,2,15-16H2,1H3,(H,24,26). The highest BCUT2D eigenvalue weighted by molar-refractivity contribution is 5.90. The molecule has 5 heteroatoms. The van der Waals surface area contributed by atoms with Crippen molar-refractivity contribution >= 4 is 23.1 Å². The van der Waals surface area contributed by atoms with Gasteiger partial charge >= 0.3 is 0 Å². The molecule has 2 aromatic carbocycles. The summed E-state index contributed by atoms with van der Waals surface area (Å²) in [5, 5.41) is 2.85. The van der Waals surface area contributed by atoms with E-state index in [0.717, 1.165) is 23.8 Å². The summed E-state index contributed by atoms with van der Waals surface area (Å²) in [4.78, 5) is 18.7. The third-order valence-corrected chi connectivity index (χ3v) is 4.03. The summed E-state index contributed by atoms with van der Waals surface area (Å²) in [6, 6.07) is 23.3. The number of rotatable bonds is 8. The Bertz CT molecular complexity index is 836. The van der Waals surface area contributed by atoms with E-state index >= 15 is 0 Å². The van der Waals surface area contributed by atoms with E-state index < -0.39 is 0 Å². The molecule has 0 aliphatic heterocycles. The van der Waals surface area contributed by atoms with Crippen molar-refractivity contribution in [1.82, 2.24) is 4.98 Å². The lowest BCUT2D eigenvalue weighted by molar-refractivity contribution is -0.116. The number of anilines is 3. The Labute approximate surface area is 159 Å². The zero-order valence-electron chi connectivity index (χ0n) is 15.3. The molecule has 0 aliphatic rings. The molecular weight excluding hydrogens is 338 g/mol. The van der Waals surface area contributed by atoms with Gasteiger partial charge in [0.05, 0.1) is 24.9 Å². The van der Waals surface area contributed by atoms with Crippen molar-refractivity contribution in [3.05, 3.63) is 79.0 Å². The highest BCUT2D eigenvalue weighted by Crippen LogP contribution is 2.23. The number of aromatic nitrogens is 1. The van der Waals surface area contributed by atoms with Crippen LogP contribution in [0.3, 0.4) is 0 Å². The fourth-order valence-electron chi connectivity index (χ4n) is 2.71. The van der Waals surface area contributed by atoms with Crippen LogP contribution in [0.1, 0.15) is 13.3 Å². The van der Waals surface area contributed by atoms with Gasteiger partial charge < -0.3 is 15.0 Å². The first kappa shape index (κ1) is 18.5. The summed E-state index contributed by atoms with van der Waals surface area (Å²) in [5.41, 5.74) is 1.76. The fraction of sp³-hybridized carbons (Fsp3) is 0.182. The summed E-state index contributed by atoms with van der Waals surface area (Å²) in [5.74, 6) is 1.50. The summed E-state index contributed by atoms with van der Waals surface area (Å²) in [7, 11) is 0. The highest BCUT2D eigenvalue weighted by atomic mass is 16.5. The van der Waals surface area contributed by atoms with Crippen LogP contribution in [0.5, 0.6) is 5.75 Å². The van der Waals surface area contributed by atoms with Gasteiger partial charge in [0, 0.05) is 12.2 Å². The van der Waals surface area contributed by atoms with Crippen molar-refractivity contribution in [3.8, 4) is 5.75 Å². The third kappa shape index (κ3) is 5.31. The molecule has 1 aromatic heterocycles. The van der Waals surface area contributed by atoms with Crippen molar-refractivity contribution in [2.24, 2.45) is 0 Å². The molecule has 0 radical (unpaired) electrons. The van der Waals surface area contributed by atoms with Gasteiger partial charge in [0.1, 0.15) is 11.6 Å². The number of nitrogens with one attached hydrogen (secondary N) is 1. The SMILES string of the molecule is CCN(c1ccccc1)c1ccc(NC(=O)CCOc2ccccc2)cn1. The van der Waals surface area contributed by atoms with Gasteiger partial charge in [0.15, 0.2) is 0 Å². The molecule has 3 rings (SSSR count). The maximum Gasteiger partial charge on any atom is 0.227 e. The Morgan fingerprint density at radius 2 is 1.70 bits per heavy atom. The Morgan fingerprint density at radius 1 is 1.00 bits per heavy atom. The van der Waals surface area contributed by atoms with Crippen LogP contribution in [0.4, 0.5) is 17.2 Å². The lowest BCUT2D eigenvalue weighted by atomic mass is 10.2. The minimum atomic E-state index is -0.101. The molecule has 1 amide bonds. The quantitative estimate of drug-likeness (QED) is 0.635. The topological polar surface area (TPSA) is 54.5 Å². The van der Waals surface area contributed by atoms with Crippen LogP contribution in [-0.2, 0) is 4.79 Å². The van der Waals surface area contributed by atoms with Gasteiger partial charge in [-0.15, -0.1) is 0 Å². The summed E-state index contributed by atoms with van der Waals surface area (Å²) in [6.45, 7) is 3.22. The van der Waals surface area contributed by atoms with E-state index in [9.17, 15) is 4.79 Å². The van der Waals surface area contributed by atoms with Crippen molar-refractivity contribution in [2.75, 3.05) is 23.4 Å². The third-order valence-electron chi connectivity index (χ3n) is 4.03. The van der Waals surface area contributed by atoms with Crippen LogP contribution in [-0.4, -0.2) is 24.0 Å². The van der Waals surface area contributed by atoms with Crippen molar-refractivity contribution in [2.45, 2.75) is 13.3 Å². The van der Waals surface area contributed by atoms with E-state index in [0.29, 0.717) is 12.3 Å². The first-order valence-electron chi connectivity index (χ1n) is 9.02. The maximum atomic E-state index is 12.1. The second-order valence-corrected chi connectivity index (χ2v) is 5.94. The van der Waals surface area contributed by atoms with Crippen LogP contribution in [0.15, 0.2) is 79.0 Å². The Morgan fingerprint density at radius 3 is 2.33 bits per heavy atom. The lowest BCUT2D eigenvalue weighted by Gasteiger charge is -2.22. The Balaban J connectivity index is 1.53. The number of ether oxygens (including phenoxy) is 1.